The largest absolute Gasteiger partial charge is 0.246 e. The van der Waals surface area contributed by atoms with Crippen molar-refractivity contribution in [2.75, 3.05) is 0 Å². The zero-order valence-corrected chi connectivity index (χ0v) is 11.7. The SMILES string of the molecule is CC1(c2ccccc2)CCCCC1(C)n1cncn1. The number of hydrogen-bond donors (Lipinski definition) is 0. The Morgan fingerprint density at radius 1 is 1.05 bits per heavy atom. The summed E-state index contributed by atoms with van der Waals surface area (Å²) >= 11 is 0. The van der Waals surface area contributed by atoms with E-state index in [4.69, 9.17) is 0 Å². The van der Waals surface area contributed by atoms with Crippen LogP contribution in [0, 0.1) is 0 Å². The molecule has 2 atom stereocenters. The summed E-state index contributed by atoms with van der Waals surface area (Å²) in [6, 6.07) is 10.9. The normalized spacial score (nSPS) is 31.3. The molecule has 1 aliphatic rings. The molecule has 1 aliphatic carbocycles. The van der Waals surface area contributed by atoms with Gasteiger partial charge in [0.05, 0.1) is 5.54 Å². The Morgan fingerprint density at radius 3 is 2.47 bits per heavy atom. The molecule has 1 saturated carbocycles. The summed E-state index contributed by atoms with van der Waals surface area (Å²) in [6.45, 7) is 4.71. The summed E-state index contributed by atoms with van der Waals surface area (Å²) in [4.78, 5) is 4.15. The molecule has 2 aromatic rings. The third-order valence-corrected chi connectivity index (χ3v) is 5.11. The molecule has 0 bridgehead atoms. The fourth-order valence-electron chi connectivity index (χ4n) is 3.58. The highest BCUT2D eigenvalue weighted by Gasteiger charge is 2.49. The van der Waals surface area contributed by atoms with E-state index in [1.165, 1.54) is 24.8 Å². The van der Waals surface area contributed by atoms with Crippen LogP contribution in [0.5, 0.6) is 0 Å². The quantitative estimate of drug-likeness (QED) is 0.822. The minimum Gasteiger partial charge on any atom is -0.246 e. The lowest BCUT2D eigenvalue weighted by atomic mass is 9.59. The second kappa shape index (κ2) is 4.48. The first-order chi connectivity index (χ1) is 9.17. The molecule has 0 spiro atoms. The molecule has 2 unspecified atom stereocenters. The number of rotatable bonds is 2. The number of nitrogens with zero attached hydrogens (tertiary/aromatic N) is 3. The van der Waals surface area contributed by atoms with E-state index in [0.29, 0.717) is 0 Å². The molecular weight excluding hydrogens is 234 g/mol. The first kappa shape index (κ1) is 12.4. The Bertz CT molecular complexity index is 534. The summed E-state index contributed by atoms with van der Waals surface area (Å²) in [5.41, 5.74) is 1.52. The van der Waals surface area contributed by atoms with Crippen molar-refractivity contribution in [3.63, 3.8) is 0 Å². The van der Waals surface area contributed by atoms with Crippen molar-refractivity contribution in [3.05, 3.63) is 48.5 Å². The molecule has 3 heteroatoms. The van der Waals surface area contributed by atoms with Gasteiger partial charge in [0.2, 0.25) is 0 Å². The molecule has 0 radical (unpaired) electrons. The van der Waals surface area contributed by atoms with Gasteiger partial charge in [-0.3, -0.25) is 0 Å². The fraction of sp³-hybridized carbons (Fsp3) is 0.500. The van der Waals surface area contributed by atoms with Gasteiger partial charge in [-0.05, 0) is 25.3 Å². The van der Waals surface area contributed by atoms with Gasteiger partial charge in [0, 0.05) is 5.41 Å². The smallest absolute Gasteiger partial charge is 0.137 e. The Labute approximate surface area is 114 Å². The summed E-state index contributed by atoms with van der Waals surface area (Å²) in [5, 5.41) is 4.44. The molecule has 1 aromatic carbocycles. The zero-order valence-electron chi connectivity index (χ0n) is 11.7. The van der Waals surface area contributed by atoms with Crippen LogP contribution >= 0.6 is 0 Å². The van der Waals surface area contributed by atoms with Crippen LogP contribution in [-0.2, 0) is 11.0 Å². The molecule has 0 aliphatic heterocycles. The van der Waals surface area contributed by atoms with Crippen LogP contribution in [0.1, 0.15) is 45.1 Å². The molecule has 1 fully saturated rings. The zero-order chi connectivity index (χ0) is 13.3. The van der Waals surface area contributed by atoms with Crippen molar-refractivity contribution < 1.29 is 0 Å². The lowest BCUT2D eigenvalue weighted by Gasteiger charge is -2.50. The van der Waals surface area contributed by atoms with Crippen LogP contribution in [-0.4, -0.2) is 14.8 Å². The van der Waals surface area contributed by atoms with E-state index in [1.54, 1.807) is 6.33 Å². The second-order valence-corrected chi connectivity index (χ2v) is 6.02. The maximum absolute atomic E-state index is 4.44. The molecule has 1 aromatic heterocycles. The Morgan fingerprint density at radius 2 is 1.79 bits per heavy atom. The van der Waals surface area contributed by atoms with Crippen LogP contribution in [0.4, 0.5) is 0 Å². The highest BCUT2D eigenvalue weighted by molar-refractivity contribution is 5.29. The average molecular weight is 255 g/mol. The van der Waals surface area contributed by atoms with Gasteiger partial charge in [-0.15, -0.1) is 0 Å². The van der Waals surface area contributed by atoms with Crippen molar-refractivity contribution in [2.45, 2.75) is 50.5 Å². The molecule has 3 nitrogen and oxygen atoms in total. The first-order valence-corrected chi connectivity index (χ1v) is 7.07. The Kier molecular flexibility index (Phi) is 2.92. The molecule has 100 valence electrons. The molecule has 0 saturated heterocycles. The average Bonchev–Trinajstić information content (AvgIpc) is 2.98. The standard InChI is InChI=1S/C16H21N3/c1-15(14-8-4-3-5-9-14)10-6-7-11-16(15,2)19-13-17-12-18-19/h3-5,8-9,12-13H,6-7,10-11H2,1-2H3. The van der Waals surface area contributed by atoms with Gasteiger partial charge in [-0.1, -0.05) is 50.1 Å². The molecular formula is C16H21N3. The van der Waals surface area contributed by atoms with Crippen molar-refractivity contribution in [2.24, 2.45) is 0 Å². The third kappa shape index (κ3) is 1.79. The molecule has 0 amide bonds. The van der Waals surface area contributed by atoms with Crippen molar-refractivity contribution in [1.82, 2.24) is 14.8 Å². The Hall–Kier alpha value is -1.64. The van der Waals surface area contributed by atoms with E-state index in [0.717, 1.165) is 6.42 Å². The second-order valence-electron chi connectivity index (χ2n) is 6.02. The number of benzene rings is 1. The highest BCUT2D eigenvalue weighted by Crippen LogP contribution is 2.50. The Balaban J connectivity index is 2.11. The van der Waals surface area contributed by atoms with E-state index in [1.807, 2.05) is 6.33 Å². The van der Waals surface area contributed by atoms with Gasteiger partial charge in [-0.25, -0.2) is 9.67 Å². The van der Waals surface area contributed by atoms with Gasteiger partial charge >= 0.3 is 0 Å². The number of hydrogen-bond acceptors (Lipinski definition) is 2. The van der Waals surface area contributed by atoms with E-state index >= 15 is 0 Å². The van der Waals surface area contributed by atoms with Crippen LogP contribution in [0.25, 0.3) is 0 Å². The van der Waals surface area contributed by atoms with Crippen LogP contribution in [0.2, 0.25) is 0 Å². The topological polar surface area (TPSA) is 30.7 Å². The van der Waals surface area contributed by atoms with Crippen LogP contribution < -0.4 is 0 Å². The van der Waals surface area contributed by atoms with Crippen molar-refractivity contribution in [3.8, 4) is 0 Å². The third-order valence-electron chi connectivity index (χ3n) is 5.11. The molecule has 3 rings (SSSR count). The fourth-order valence-corrected chi connectivity index (χ4v) is 3.58. The van der Waals surface area contributed by atoms with Gasteiger partial charge in [-0.2, -0.15) is 5.10 Å². The predicted molar refractivity (Wildman–Crippen MR) is 75.9 cm³/mol. The molecule has 19 heavy (non-hydrogen) atoms. The molecule has 0 N–H and O–H groups in total. The maximum atomic E-state index is 4.44. The summed E-state index contributed by atoms with van der Waals surface area (Å²) in [7, 11) is 0. The lowest BCUT2D eigenvalue weighted by molar-refractivity contribution is 0.0833. The monoisotopic (exact) mass is 255 g/mol. The maximum Gasteiger partial charge on any atom is 0.137 e. The molecule has 1 heterocycles. The first-order valence-electron chi connectivity index (χ1n) is 7.07. The lowest BCUT2D eigenvalue weighted by Crippen LogP contribution is -2.51. The van der Waals surface area contributed by atoms with E-state index in [-0.39, 0.29) is 11.0 Å². The minimum atomic E-state index is 0.00308. The predicted octanol–water partition coefficient (Wildman–Crippen LogP) is 3.53. The van der Waals surface area contributed by atoms with Crippen LogP contribution in [0.3, 0.4) is 0 Å². The van der Waals surface area contributed by atoms with Crippen molar-refractivity contribution in [1.29, 1.82) is 0 Å². The summed E-state index contributed by atoms with van der Waals surface area (Å²) < 4.78 is 2.07. The van der Waals surface area contributed by atoms with Gasteiger partial charge in [0.25, 0.3) is 0 Å². The highest BCUT2D eigenvalue weighted by atomic mass is 15.4. The van der Waals surface area contributed by atoms with E-state index < -0.39 is 0 Å². The van der Waals surface area contributed by atoms with Gasteiger partial charge in [0.1, 0.15) is 12.7 Å². The summed E-state index contributed by atoms with van der Waals surface area (Å²) in [5.74, 6) is 0. The van der Waals surface area contributed by atoms with E-state index in [9.17, 15) is 0 Å². The van der Waals surface area contributed by atoms with Crippen LogP contribution in [0.15, 0.2) is 43.0 Å². The minimum absolute atomic E-state index is 0.00308. The van der Waals surface area contributed by atoms with E-state index in [2.05, 4.69) is 58.9 Å². The van der Waals surface area contributed by atoms with Crippen molar-refractivity contribution >= 4 is 0 Å². The number of aromatic nitrogens is 3. The summed E-state index contributed by atoms with van der Waals surface area (Å²) in [6.07, 6.45) is 8.42. The van der Waals surface area contributed by atoms with Gasteiger partial charge < -0.3 is 0 Å². The van der Waals surface area contributed by atoms with Gasteiger partial charge in [0.15, 0.2) is 0 Å².